The minimum atomic E-state index is 1.17. The highest BCUT2D eigenvalue weighted by molar-refractivity contribution is 5.81. The van der Waals surface area contributed by atoms with E-state index in [1.54, 1.807) is 0 Å². The molecule has 0 aliphatic carbocycles. The Morgan fingerprint density at radius 2 is 2.07 bits per heavy atom. The molecule has 0 fully saturated rings. The van der Waals surface area contributed by atoms with Crippen molar-refractivity contribution in [3.8, 4) is 0 Å². The minimum Gasteiger partial charge on any atom is -0.324 e. The molecule has 1 aromatic carbocycles. The quantitative estimate of drug-likeness (QED) is 0.647. The van der Waals surface area contributed by atoms with Crippen molar-refractivity contribution in [1.29, 1.82) is 0 Å². The largest absolute Gasteiger partial charge is 0.324 e. The van der Waals surface area contributed by atoms with Crippen LogP contribution < -0.4 is 0 Å². The van der Waals surface area contributed by atoms with E-state index < -0.39 is 0 Å². The first-order valence-electron chi connectivity index (χ1n) is 5.64. The third-order valence-corrected chi connectivity index (χ3v) is 2.62. The number of hydrogen-bond acceptors (Lipinski definition) is 0. The lowest BCUT2D eigenvalue weighted by Gasteiger charge is -1.97. The molecule has 78 valence electrons. The molecule has 0 amide bonds. The molecular formula is C14H17N. The van der Waals surface area contributed by atoms with E-state index in [0.29, 0.717) is 0 Å². The second kappa shape index (κ2) is 4.83. The van der Waals surface area contributed by atoms with Crippen molar-refractivity contribution in [3.05, 3.63) is 42.6 Å². The zero-order valence-electron chi connectivity index (χ0n) is 9.19. The summed E-state index contributed by atoms with van der Waals surface area (Å²) in [6, 6.07) is 10.6. The van der Waals surface area contributed by atoms with E-state index in [-0.39, 0.29) is 0 Å². The molecule has 0 N–H and O–H groups in total. The van der Waals surface area contributed by atoms with E-state index in [2.05, 4.69) is 60.3 Å². The summed E-state index contributed by atoms with van der Waals surface area (Å²) in [7, 11) is 0. The summed E-state index contributed by atoms with van der Waals surface area (Å²) in [5, 5.41) is 1.30. The second-order valence-corrected chi connectivity index (χ2v) is 3.81. The van der Waals surface area contributed by atoms with Crippen molar-refractivity contribution >= 4 is 17.1 Å². The number of hydrogen-bond donors (Lipinski definition) is 0. The Morgan fingerprint density at radius 1 is 1.20 bits per heavy atom. The zero-order valence-corrected chi connectivity index (χ0v) is 9.19. The first kappa shape index (κ1) is 10.0. The molecule has 0 aliphatic heterocycles. The highest BCUT2D eigenvalue weighted by atomic mass is 14.9. The van der Waals surface area contributed by atoms with E-state index in [0.717, 1.165) is 0 Å². The van der Waals surface area contributed by atoms with Crippen LogP contribution in [0, 0.1) is 0 Å². The topological polar surface area (TPSA) is 4.93 Å². The van der Waals surface area contributed by atoms with Crippen LogP contribution in [0.2, 0.25) is 0 Å². The number of benzene rings is 1. The smallest absolute Gasteiger partial charge is 0.0522 e. The van der Waals surface area contributed by atoms with Gasteiger partial charge in [-0.15, -0.1) is 0 Å². The standard InChI is InChI=1S/C14H17N/c1-2-3-4-7-11-15-12-10-13-8-5-6-9-14(13)15/h5-12H,2-4H2,1H3/b11-7+. The Morgan fingerprint density at radius 3 is 2.93 bits per heavy atom. The summed E-state index contributed by atoms with van der Waals surface area (Å²) < 4.78 is 2.19. The highest BCUT2D eigenvalue weighted by Gasteiger charge is 1.95. The summed E-state index contributed by atoms with van der Waals surface area (Å²) in [6.07, 6.45) is 10.2. The summed E-state index contributed by atoms with van der Waals surface area (Å²) in [6.45, 7) is 2.22. The molecule has 0 saturated carbocycles. The third kappa shape index (κ3) is 2.30. The predicted octanol–water partition coefficient (Wildman–Crippen LogP) is 4.30. The molecule has 0 radical (unpaired) electrons. The summed E-state index contributed by atoms with van der Waals surface area (Å²) in [4.78, 5) is 0. The van der Waals surface area contributed by atoms with Gasteiger partial charge in [0, 0.05) is 12.4 Å². The molecule has 0 atom stereocenters. The van der Waals surface area contributed by atoms with Gasteiger partial charge in [0.2, 0.25) is 0 Å². The summed E-state index contributed by atoms with van der Waals surface area (Å²) in [5.74, 6) is 0. The van der Waals surface area contributed by atoms with E-state index >= 15 is 0 Å². The number of unbranched alkanes of at least 4 members (excludes halogenated alkanes) is 2. The van der Waals surface area contributed by atoms with Gasteiger partial charge in [0.15, 0.2) is 0 Å². The molecule has 2 rings (SSSR count). The van der Waals surface area contributed by atoms with Gasteiger partial charge in [-0.25, -0.2) is 0 Å². The van der Waals surface area contributed by atoms with Gasteiger partial charge in [-0.05, 0) is 23.9 Å². The Labute approximate surface area is 91.0 Å². The predicted molar refractivity (Wildman–Crippen MR) is 66.8 cm³/mol. The van der Waals surface area contributed by atoms with Gasteiger partial charge in [0.25, 0.3) is 0 Å². The maximum absolute atomic E-state index is 2.25. The van der Waals surface area contributed by atoms with Crippen molar-refractivity contribution in [2.75, 3.05) is 0 Å². The van der Waals surface area contributed by atoms with Crippen LogP contribution in [0.3, 0.4) is 0 Å². The Bertz CT molecular complexity index is 451. The number of nitrogens with zero attached hydrogens (tertiary/aromatic N) is 1. The van der Waals surface area contributed by atoms with Gasteiger partial charge in [0.05, 0.1) is 5.52 Å². The van der Waals surface area contributed by atoms with Crippen LogP contribution in [-0.4, -0.2) is 4.57 Å². The number of allylic oxidation sites excluding steroid dienone is 1. The van der Waals surface area contributed by atoms with Crippen LogP contribution in [0.1, 0.15) is 26.2 Å². The van der Waals surface area contributed by atoms with E-state index in [4.69, 9.17) is 0 Å². The fourth-order valence-corrected chi connectivity index (χ4v) is 1.74. The molecule has 15 heavy (non-hydrogen) atoms. The van der Waals surface area contributed by atoms with Crippen LogP contribution in [0.15, 0.2) is 42.6 Å². The molecule has 2 aromatic rings. The SMILES string of the molecule is CCCC/C=C/n1ccc2ccccc21. The van der Waals surface area contributed by atoms with Gasteiger partial charge >= 0.3 is 0 Å². The monoisotopic (exact) mass is 199 g/mol. The Kier molecular flexibility index (Phi) is 3.23. The highest BCUT2D eigenvalue weighted by Crippen LogP contribution is 2.15. The van der Waals surface area contributed by atoms with Crippen LogP contribution in [0.4, 0.5) is 0 Å². The van der Waals surface area contributed by atoms with Crippen molar-refractivity contribution in [2.24, 2.45) is 0 Å². The molecule has 0 spiro atoms. The van der Waals surface area contributed by atoms with Crippen LogP contribution in [0.25, 0.3) is 17.1 Å². The van der Waals surface area contributed by atoms with Gasteiger partial charge in [0.1, 0.15) is 0 Å². The van der Waals surface area contributed by atoms with Gasteiger partial charge in [-0.3, -0.25) is 0 Å². The molecule has 1 nitrogen and oxygen atoms in total. The van der Waals surface area contributed by atoms with E-state index in [1.807, 2.05) is 0 Å². The van der Waals surface area contributed by atoms with Crippen molar-refractivity contribution in [2.45, 2.75) is 26.2 Å². The third-order valence-electron chi connectivity index (χ3n) is 2.62. The molecule has 1 heterocycles. The normalized spacial score (nSPS) is 11.5. The second-order valence-electron chi connectivity index (χ2n) is 3.81. The van der Waals surface area contributed by atoms with Gasteiger partial charge < -0.3 is 4.57 Å². The lowest BCUT2D eigenvalue weighted by atomic mass is 10.2. The lowest BCUT2D eigenvalue weighted by Crippen LogP contribution is -1.81. The molecule has 0 bridgehead atoms. The van der Waals surface area contributed by atoms with E-state index in [1.165, 1.54) is 30.2 Å². The average Bonchev–Trinajstić information content (AvgIpc) is 2.68. The van der Waals surface area contributed by atoms with E-state index in [9.17, 15) is 0 Å². The van der Waals surface area contributed by atoms with Crippen molar-refractivity contribution in [1.82, 2.24) is 4.57 Å². The zero-order chi connectivity index (χ0) is 10.5. The average molecular weight is 199 g/mol. The fourth-order valence-electron chi connectivity index (χ4n) is 1.74. The first-order chi connectivity index (χ1) is 7.42. The molecular weight excluding hydrogens is 182 g/mol. The molecule has 0 saturated heterocycles. The van der Waals surface area contributed by atoms with Crippen LogP contribution >= 0.6 is 0 Å². The van der Waals surface area contributed by atoms with Crippen LogP contribution in [0.5, 0.6) is 0 Å². The minimum absolute atomic E-state index is 1.17. The molecule has 0 aliphatic rings. The molecule has 1 heteroatoms. The van der Waals surface area contributed by atoms with Crippen molar-refractivity contribution < 1.29 is 0 Å². The number of para-hydroxylation sites is 1. The number of aromatic nitrogens is 1. The molecule has 1 aromatic heterocycles. The Balaban J connectivity index is 2.17. The number of rotatable bonds is 4. The first-order valence-corrected chi connectivity index (χ1v) is 5.64. The van der Waals surface area contributed by atoms with Gasteiger partial charge in [-0.2, -0.15) is 0 Å². The summed E-state index contributed by atoms with van der Waals surface area (Å²) in [5.41, 5.74) is 1.28. The molecule has 0 unspecified atom stereocenters. The summed E-state index contributed by atoms with van der Waals surface area (Å²) >= 11 is 0. The Hall–Kier alpha value is -1.50. The maximum atomic E-state index is 2.25. The fraction of sp³-hybridized carbons (Fsp3) is 0.286. The lowest BCUT2D eigenvalue weighted by molar-refractivity contribution is 0.815. The van der Waals surface area contributed by atoms with Crippen molar-refractivity contribution in [3.63, 3.8) is 0 Å². The number of fused-ring (bicyclic) bond motifs is 1. The van der Waals surface area contributed by atoms with Crippen LogP contribution in [-0.2, 0) is 0 Å². The maximum Gasteiger partial charge on any atom is 0.0522 e. The van der Waals surface area contributed by atoms with Gasteiger partial charge in [-0.1, -0.05) is 44.0 Å².